The summed E-state index contributed by atoms with van der Waals surface area (Å²) in [5, 5.41) is 0.0664. The summed E-state index contributed by atoms with van der Waals surface area (Å²) < 4.78 is 0. The number of halogens is 1. The van der Waals surface area contributed by atoms with Gasteiger partial charge in [-0.15, -0.1) is 18.2 Å². The van der Waals surface area contributed by atoms with Crippen LogP contribution in [0.15, 0.2) is 37.5 Å². The lowest BCUT2D eigenvalue weighted by molar-refractivity contribution is 0.857. The van der Waals surface area contributed by atoms with Gasteiger partial charge in [0, 0.05) is 0 Å². The van der Waals surface area contributed by atoms with Crippen molar-refractivity contribution in [2.45, 2.75) is 18.2 Å². The normalized spacial score (nSPS) is 12.1. The van der Waals surface area contributed by atoms with E-state index in [4.69, 9.17) is 11.6 Å². The second-order valence-corrected chi connectivity index (χ2v) is 2.71. The molecule has 0 fully saturated rings. The summed E-state index contributed by atoms with van der Waals surface area (Å²) in [5.74, 6) is 0. The van der Waals surface area contributed by atoms with Crippen LogP contribution < -0.4 is 0 Å². The topological polar surface area (TPSA) is 0 Å². The maximum atomic E-state index is 5.77. The molecule has 1 heteroatoms. The molecule has 1 atom stereocenters. The molecule has 0 saturated carbocycles. The first-order chi connectivity index (χ1) is 4.70. The van der Waals surface area contributed by atoms with Crippen LogP contribution in [0.4, 0.5) is 0 Å². The molecule has 10 heavy (non-hydrogen) atoms. The van der Waals surface area contributed by atoms with Crippen LogP contribution in [-0.4, -0.2) is 5.38 Å². The second-order valence-electron chi connectivity index (χ2n) is 2.15. The molecular weight excluding hydrogens is 144 g/mol. The molecular formula is C9H13Cl. The molecule has 0 aromatic heterocycles. The predicted molar refractivity (Wildman–Crippen MR) is 48.4 cm³/mol. The summed E-state index contributed by atoms with van der Waals surface area (Å²) in [7, 11) is 0. The van der Waals surface area contributed by atoms with E-state index < -0.39 is 0 Å². The molecule has 0 aliphatic rings. The Morgan fingerprint density at radius 2 is 2.10 bits per heavy atom. The van der Waals surface area contributed by atoms with Crippen LogP contribution in [0.5, 0.6) is 0 Å². The SMILES string of the molecule is C=CC(=C)CCC(Cl)C=C. The van der Waals surface area contributed by atoms with Crippen LogP contribution in [0, 0.1) is 0 Å². The average Bonchev–Trinajstić information content (AvgIpc) is 1.99. The van der Waals surface area contributed by atoms with Crippen molar-refractivity contribution in [3.63, 3.8) is 0 Å². The van der Waals surface area contributed by atoms with Gasteiger partial charge in [0.2, 0.25) is 0 Å². The van der Waals surface area contributed by atoms with Gasteiger partial charge < -0.3 is 0 Å². The van der Waals surface area contributed by atoms with E-state index in [1.54, 1.807) is 12.2 Å². The number of rotatable bonds is 5. The molecule has 0 spiro atoms. The van der Waals surface area contributed by atoms with E-state index in [1.807, 2.05) is 0 Å². The molecule has 0 nitrogen and oxygen atoms in total. The van der Waals surface area contributed by atoms with Crippen LogP contribution in [0.1, 0.15) is 12.8 Å². The highest BCUT2D eigenvalue weighted by molar-refractivity contribution is 6.21. The van der Waals surface area contributed by atoms with Crippen LogP contribution in [0.25, 0.3) is 0 Å². The molecule has 0 radical (unpaired) electrons. The summed E-state index contributed by atoms with van der Waals surface area (Å²) in [6.45, 7) is 10.9. The first-order valence-corrected chi connectivity index (χ1v) is 3.71. The molecule has 0 amide bonds. The van der Waals surface area contributed by atoms with E-state index >= 15 is 0 Å². The van der Waals surface area contributed by atoms with E-state index in [9.17, 15) is 0 Å². The van der Waals surface area contributed by atoms with Gasteiger partial charge in [0.1, 0.15) is 0 Å². The van der Waals surface area contributed by atoms with Crippen molar-refractivity contribution in [2.24, 2.45) is 0 Å². The van der Waals surface area contributed by atoms with Gasteiger partial charge in [-0.1, -0.05) is 30.9 Å². The predicted octanol–water partition coefficient (Wildman–Crippen LogP) is 3.30. The highest BCUT2D eigenvalue weighted by atomic mass is 35.5. The maximum absolute atomic E-state index is 5.77. The van der Waals surface area contributed by atoms with Crippen LogP contribution in [0.3, 0.4) is 0 Å². The number of hydrogen-bond acceptors (Lipinski definition) is 0. The van der Waals surface area contributed by atoms with Gasteiger partial charge in [0.25, 0.3) is 0 Å². The standard InChI is InChI=1S/C9H13Cl/c1-4-8(3)6-7-9(10)5-2/h4-5,9H,1-3,6-7H2. The lowest BCUT2D eigenvalue weighted by atomic mass is 10.1. The average molecular weight is 157 g/mol. The van der Waals surface area contributed by atoms with Gasteiger partial charge in [-0.25, -0.2) is 0 Å². The van der Waals surface area contributed by atoms with Gasteiger partial charge in [0.05, 0.1) is 5.38 Å². The number of hydrogen-bond donors (Lipinski definition) is 0. The van der Waals surface area contributed by atoms with E-state index in [1.165, 1.54) is 0 Å². The van der Waals surface area contributed by atoms with Gasteiger partial charge in [-0.05, 0) is 12.8 Å². The Labute approximate surface area is 67.9 Å². The zero-order chi connectivity index (χ0) is 7.98. The Hall–Kier alpha value is -0.490. The minimum Gasteiger partial charge on any atom is -0.118 e. The molecule has 56 valence electrons. The van der Waals surface area contributed by atoms with Gasteiger partial charge in [-0.3, -0.25) is 0 Å². The fourth-order valence-electron chi connectivity index (χ4n) is 0.543. The van der Waals surface area contributed by atoms with Crippen molar-refractivity contribution in [1.29, 1.82) is 0 Å². The van der Waals surface area contributed by atoms with Crippen LogP contribution in [-0.2, 0) is 0 Å². The fraction of sp³-hybridized carbons (Fsp3) is 0.333. The first-order valence-electron chi connectivity index (χ1n) is 3.27. The minimum atomic E-state index is 0.0664. The molecule has 0 aliphatic carbocycles. The Bertz CT molecular complexity index is 136. The summed E-state index contributed by atoms with van der Waals surface area (Å²) in [5.41, 5.74) is 1.03. The van der Waals surface area contributed by atoms with Crippen molar-refractivity contribution >= 4 is 11.6 Å². The molecule has 0 aliphatic heterocycles. The zero-order valence-electron chi connectivity index (χ0n) is 6.15. The van der Waals surface area contributed by atoms with Gasteiger partial charge >= 0.3 is 0 Å². The smallest absolute Gasteiger partial charge is 0.0516 e. The monoisotopic (exact) mass is 156 g/mol. The maximum Gasteiger partial charge on any atom is 0.0516 e. The van der Waals surface area contributed by atoms with E-state index in [0.717, 1.165) is 18.4 Å². The molecule has 0 bridgehead atoms. The lowest BCUT2D eigenvalue weighted by Crippen LogP contribution is -1.92. The Morgan fingerprint density at radius 3 is 2.50 bits per heavy atom. The van der Waals surface area contributed by atoms with Crippen molar-refractivity contribution in [1.82, 2.24) is 0 Å². The van der Waals surface area contributed by atoms with Crippen molar-refractivity contribution in [3.8, 4) is 0 Å². The Balaban J connectivity index is 3.43. The summed E-state index contributed by atoms with van der Waals surface area (Å²) in [6, 6.07) is 0. The molecule has 1 unspecified atom stereocenters. The molecule has 0 heterocycles. The highest BCUT2D eigenvalue weighted by Crippen LogP contribution is 2.10. The van der Waals surface area contributed by atoms with E-state index in [-0.39, 0.29) is 5.38 Å². The highest BCUT2D eigenvalue weighted by Gasteiger charge is 1.97. The summed E-state index contributed by atoms with van der Waals surface area (Å²) >= 11 is 5.77. The van der Waals surface area contributed by atoms with Crippen LogP contribution >= 0.6 is 11.6 Å². The van der Waals surface area contributed by atoms with E-state index in [2.05, 4.69) is 19.7 Å². The Morgan fingerprint density at radius 1 is 1.50 bits per heavy atom. The van der Waals surface area contributed by atoms with E-state index in [0.29, 0.717) is 0 Å². The lowest BCUT2D eigenvalue weighted by Gasteiger charge is -2.01. The van der Waals surface area contributed by atoms with Crippen molar-refractivity contribution in [3.05, 3.63) is 37.5 Å². The number of allylic oxidation sites excluding steroid dienone is 3. The molecule has 0 saturated heterocycles. The summed E-state index contributed by atoms with van der Waals surface area (Å²) in [4.78, 5) is 0. The summed E-state index contributed by atoms with van der Waals surface area (Å²) in [6.07, 6.45) is 5.30. The minimum absolute atomic E-state index is 0.0664. The molecule has 0 rings (SSSR count). The van der Waals surface area contributed by atoms with Gasteiger partial charge in [0.15, 0.2) is 0 Å². The third-order valence-corrected chi connectivity index (χ3v) is 1.68. The zero-order valence-corrected chi connectivity index (χ0v) is 6.90. The number of alkyl halides is 1. The van der Waals surface area contributed by atoms with Crippen molar-refractivity contribution in [2.75, 3.05) is 0 Å². The van der Waals surface area contributed by atoms with Gasteiger partial charge in [-0.2, -0.15) is 0 Å². The Kier molecular flexibility index (Phi) is 5.05. The van der Waals surface area contributed by atoms with Crippen LogP contribution in [0.2, 0.25) is 0 Å². The fourth-order valence-corrected chi connectivity index (χ4v) is 0.652. The molecule has 0 aromatic carbocycles. The largest absolute Gasteiger partial charge is 0.118 e. The third-order valence-electron chi connectivity index (χ3n) is 1.29. The second kappa shape index (κ2) is 5.31. The third kappa shape index (κ3) is 4.39. The molecule has 0 N–H and O–H groups in total. The first kappa shape index (κ1) is 9.51. The molecule has 0 aromatic rings. The quantitative estimate of drug-likeness (QED) is 0.326. The van der Waals surface area contributed by atoms with Crippen molar-refractivity contribution < 1.29 is 0 Å².